The molecule has 0 aliphatic rings. The van der Waals surface area contributed by atoms with Gasteiger partial charge in [0.25, 0.3) is 0 Å². The summed E-state index contributed by atoms with van der Waals surface area (Å²) in [5.74, 6) is 0. The maximum absolute atomic E-state index is 8.55. The zero-order valence-corrected chi connectivity index (χ0v) is 10.2. The second-order valence-corrected chi connectivity index (χ2v) is 4.29. The minimum Gasteiger partial charge on any atom is -0.324 e. The fraction of sp³-hybridized carbons (Fsp3) is 0.188. The van der Waals surface area contributed by atoms with Crippen LogP contribution in [0.3, 0.4) is 0 Å². The van der Waals surface area contributed by atoms with E-state index in [9.17, 15) is 0 Å². The van der Waals surface area contributed by atoms with Crippen molar-refractivity contribution in [3.05, 3.63) is 60.2 Å². The Morgan fingerprint density at radius 1 is 0.944 bits per heavy atom. The van der Waals surface area contributed by atoms with Crippen molar-refractivity contribution in [3.63, 3.8) is 0 Å². The quantitative estimate of drug-likeness (QED) is 0.880. The summed E-state index contributed by atoms with van der Waals surface area (Å²) in [4.78, 5) is 0. The van der Waals surface area contributed by atoms with Crippen molar-refractivity contribution in [2.45, 2.75) is 18.9 Å². The number of rotatable bonds is 4. The lowest BCUT2D eigenvalue weighted by molar-refractivity contribution is 0.665. The van der Waals surface area contributed by atoms with E-state index in [2.05, 4.69) is 30.3 Å². The summed E-state index contributed by atoms with van der Waals surface area (Å²) >= 11 is 0. The van der Waals surface area contributed by atoms with Gasteiger partial charge >= 0.3 is 0 Å². The van der Waals surface area contributed by atoms with E-state index in [1.165, 1.54) is 11.1 Å². The summed E-state index contributed by atoms with van der Waals surface area (Å²) in [6, 6.07) is 20.6. The highest BCUT2D eigenvalue weighted by atomic mass is 14.6. The standard InChI is InChI=1S/C16H16N2/c17-12-4-7-16(18)15-10-8-14(9-11-15)13-5-2-1-3-6-13/h1-3,5-6,8-11,16H,4,7,18H2. The second kappa shape index (κ2) is 6.00. The summed E-state index contributed by atoms with van der Waals surface area (Å²) in [6.45, 7) is 0. The molecule has 0 aromatic heterocycles. The second-order valence-electron chi connectivity index (χ2n) is 4.29. The van der Waals surface area contributed by atoms with Crippen LogP contribution >= 0.6 is 0 Å². The van der Waals surface area contributed by atoms with Crippen molar-refractivity contribution in [2.24, 2.45) is 5.73 Å². The summed E-state index contributed by atoms with van der Waals surface area (Å²) in [6.07, 6.45) is 1.21. The van der Waals surface area contributed by atoms with E-state index in [0.717, 1.165) is 5.56 Å². The smallest absolute Gasteiger partial charge is 0.0622 e. The van der Waals surface area contributed by atoms with Crippen molar-refractivity contribution in [1.82, 2.24) is 0 Å². The van der Waals surface area contributed by atoms with Crippen LogP contribution in [0.4, 0.5) is 0 Å². The van der Waals surface area contributed by atoms with Gasteiger partial charge in [-0.15, -0.1) is 0 Å². The van der Waals surface area contributed by atoms with Crippen LogP contribution in [-0.2, 0) is 0 Å². The Morgan fingerprint density at radius 3 is 2.17 bits per heavy atom. The highest BCUT2D eigenvalue weighted by Crippen LogP contribution is 2.22. The highest BCUT2D eigenvalue weighted by Gasteiger charge is 2.05. The number of hydrogen-bond acceptors (Lipinski definition) is 2. The molecule has 2 heteroatoms. The molecule has 0 amide bonds. The Kier molecular flexibility index (Phi) is 4.11. The van der Waals surface area contributed by atoms with Crippen LogP contribution in [0.1, 0.15) is 24.4 Å². The Bertz CT molecular complexity index is 523. The van der Waals surface area contributed by atoms with Gasteiger partial charge in [0.2, 0.25) is 0 Å². The zero-order valence-electron chi connectivity index (χ0n) is 10.2. The van der Waals surface area contributed by atoms with Crippen LogP contribution in [0.2, 0.25) is 0 Å². The van der Waals surface area contributed by atoms with E-state index >= 15 is 0 Å². The normalized spacial score (nSPS) is 11.8. The molecule has 0 saturated carbocycles. The number of nitrogens with two attached hydrogens (primary N) is 1. The third-order valence-electron chi connectivity index (χ3n) is 3.01. The predicted molar refractivity (Wildman–Crippen MR) is 73.7 cm³/mol. The van der Waals surface area contributed by atoms with Gasteiger partial charge in [-0.3, -0.25) is 0 Å². The van der Waals surface area contributed by atoms with E-state index in [-0.39, 0.29) is 6.04 Å². The van der Waals surface area contributed by atoms with Crippen LogP contribution in [0.5, 0.6) is 0 Å². The predicted octanol–water partition coefficient (Wildman–Crippen LogP) is 3.66. The first kappa shape index (κ1) is 12.3. The molecule has 1 unspecified atom stereocenters. The molecule has 0 bridgehead atoms. The molecule has 90 valence electrons. The van der Waals surface area contributed by atoms with Crippen LogP contribution in [0.15, 0.2) is 54.6 Å². The maximum atomic E-state index is 8.55. The van der Waals surface area contributed by atoms with Crippen molar-refractivity contribution < 1.29 is 0 Å². The lowest BCUT2D eigenvalue weighted by atomic mass is 9.99. The van der Waals surface area contributed by atoms with Crippen molar-refractivity contribution in [1.29, 1.82) is 5.26 Å². The van der Waals surface area contributed by atoms with Crippen molar-refractivity contribution >= 4 is 0 Å². The fourth-order valence-electron chi connectivity index (χ4n) is 1.94. The maximum Gasteiger partial charge on any atom is 0.0622 e. The molecular weight excluding hydrogens is 220 g/mol. The molecule has 0 saturated heterocycles. The summed E-state index contributed by atoms with van der Waals surface area (Å²) in [7, 11) is 0. The Hall–Kier alpha value is -2.11. The molecule has 2 rings (SSSR count). The fourth-order valence-corrected chi connectivity index (χ4v) is 1.94. The van der Waals surface area contributed by atoms with E-state index in [1.54, 1.807) is 0 Å². The van der Waals surface area contributed by atoms with E-state index in [0.29, 0.717) is 12.8 Å². The Morgan fingerprint density at radius 2 is 1.56 bits per heavy atom. The molecule has 2 N–H and O–H groups in total. The van der Waals surface area contributed by atoms with Crippen LogP contribution in [0.25, 0.3) is 11.1 Å². The van der Waals surface area contributed by atoms with Gasteiger partial charge in [0, 0.05) is 12.5 Å². The first-order valence-corrected chi connectivity index (χ1v) is 6.09. The van der Waals surface area contributed by atoms with Crippen LogP contribution in [0, 0.1) is 11.3 Å². The topological polar surface area (TPSA) is 49.8 Å². The molecule has 2 aromatic rings. The number of nitrogens with zero attached hydrogens (tertiary/aromatic N) is 1. The van der Waals surface area contributed by atoms with E-state index in [4.69, 9.17) is 11.0 Å². The molecule has 0 aliphatic heterocycles. The average molecular weight is 236 g/mol. The lowest BCUT2D eigenvalue weighted by Gasteiger charge is -2.10. The number of hydrogen-bond donors (Lipinski definition) is 1. The first-order chi connectivity index (χ1) is 8.81. The monoisotopic (exact) mass is 236 g/mol. The Balaban J connectivity index is 2.13. The minimum absolute atomic E-state index is 0.0468. The summed E-state index contributed by atoms with van der Waals surface area (Å²) in [5, 5.41) is 8.55. The van der Waals surface area contributed by atoms with E-state index in [1.807, 2.05) is 30.3 Å². The molecular formula is C16H16N2. The molecule has 1 atom stereocenters. The van der Waals surface area contributed by atoms with Gasteiger partial charge in [-0.05, 0) is 23.1 Å². The molecule has 0 spiro atoms. The number of nitriles is 1. The SMILES string of the molecule is N#CCCC(N)c1ccc(-c2ccccc2)cc1. The molecule has 0 radical (unpaired) electrons. The first-order valence-electron chi connectivity index (χ1n) is 6.09. The van der Waals surface area contributed by atoms with Gasteiger partial charge in [-0.1, -0.05) is 54.6 Å². The molecule has 2 aromatic carbocycles. The Labute approximate surface area is 108 Å². The average Bonchev–Trinajstić information content (AvgIpc) is 2.46. The highest BCUT2D eigenvalue weighted by molar-refractivity contribution is 5.63. The third kappa shape index (κ3) is 2.97. The van der Waals surface area contributed by atoms with Gasteiger partial charge in [-0.2, -0.15) is 5.26 Å². The van der Waals surface area contributed by atoms with Crippen molar-refractivity contribution in [2.75, 3.05) is 0 Å². The van der Waals surface area contributed by atoms with Gasteiger partial charge in [-0.25, -0.2) is 0 Å². The molecule has 18 heavy (non-hydrogen) atoms. The van der Waals surface area contributed by atoms with Crippen LogP contribution < -0.4 is 5.73 Å². The molecule has 0 aliphatic carbocycles. The molecule has 0 heterocycles. The summed E-state index contributed by atoms with van der Waals surface area (Å²) < 4.78 is 0. The largest absolute Gasteiger partial charge is 0.324 e. The molecule has 0 fully saturated rings. The van der Waals surface area contributed by atoms with Gasteiger partial charge in [0.05, 0.1) is 6.07 Å². The molecule has 2 nitrogen and oxygen atoms in total. The van der Waals surface area contributed by atoms with E-state index < -0.39 is 0 Å². The van der Waals surface area contributed by atoms with Crippen molar-refractivity contribution in [3.8, 4) is 17.2 Å². The third-order valence-corrected chi connectivity index (χ3v) is 3.01. The van der Waals surface area contributed by atoms with Gasteiger partial charge in [0.1, 0.15) is 0 Å². The van der Waals surface area contributed by atoms with Gasteiger partial charge in [0.15, 0.2) is 0 Å². The lowest BCUT2D eigenvalue weighted by Crippen LogP contribution is -2.09. The zero-order chi connectivity index (χ0) is 12.8. The van der Waals surface area contributed by atoms with Crippen LogP contribution in [-0.4, -0.2) is 0 Å². The minimum atomic E-state index is -0.0468. The van der Waals surface area contributed by atoms with Gasteiger partial charge < -0.3 is 5.73 Å². The number of benzene rings is 2. The summed E-state index contributed by atoms with van der Waals surface area (Å²) in [5.41, 5.74) is 9.50.